The average molecular weight is 311 g/mol. The van der Waals surface area contributed by atoms with Gasteiger partial charge in [-0.1, -0.05) is 30.3 Å². The number of carbonyl (C=O) groups is 2. The van der Waals surface area contributed by atoms with Crippen LogP contribution in [0.2, 0.25) is 0 Å². The molecule has 0 aliphatic rings. The highest BCUT2D eigenvalue weighted by molar-refractivity contribution is 6.00. The lowest BCUT2D eigenvalue weighted by Crippen LogP contribution is -2.23. The first-order valence-electron chi connectivity index (χ1n) is 7.38. The standard InChI is InChI=1S/C18H21N3O2/c1-13-6-4-5-7-16(13)20-18(23)19-15-10-8-14(9-11-15)12-17(22)21(2)3/h4-11H,12H2,1-3H3,(H2,19,20,23). The summed E-state index contributed by atoms with van der Waals surface area (Å²) < 4.78 is 0. The van der Waals surface area contributed by atoms with Crippen LogP contribution >= 0.6 is 0 Å². The van der Waals surface area contributed by atoms with Crippen LogP contribution in [0, 0.1) is 6.92 Å². The zero-order chi connectivity index (χ0) is 16.8. The number of hydrogen-bond donors (Lipinski definition) is 2. The number of nitrogens with one attached hydrogen (secondary N) is 2. The van der Waals surface area contributed by atoms with Crippen molar-refractivity contribution in [1.29, 1.82) is 0 Å². The van der Waals surface area contributed by atoms with E-state index in [1.165, 1.54) is 0 Å². The number of carbonyl (C=O) groups excluding carboxylic acids is 2. The monoisotopic (exact) mass is 311 g/mol. The third-order valence-corrected chi connectivity index (χ3v) is 3.46. The predicted molar refractivity (Wildman–Crippen MR) is 92.7 cm³/mol. The number of para-hydroxylation sites is 1. The summed E-state index contributed by atoms with van der Waals surface area (Å²) in [6.07, 6.45) is 0.350. The molecule has 0 heterocycles. The molecule has 0 bridgehead atoms. The molecule has 5 nitrogen and oxygen atoms in total. The summed E-state index contributed by atoms with van der Waals surface area (Å²) in [6, 6.07) is 14.5. The van der Waals surface area contributed by atoms with Crippen molar-refractivity contribution < 1.29 is 9.59 Å². The van der Waals surface area contributed by atoms with Crippen LogP contribution in [0.5, 0.6) is 0 Å². The molecule has 120 valence electrons. The normalized spacial score (nSPS) is 10.0. The van der Waals surface area contributed by atoms with Crippen molar-refractivity contribution in [1.82, 2.24) is 4.90 Å². The van der Waals surface area contributed by atoms with Crippen LogP contribution in [0.1, 0.15) is 11.1 Å². The Morgan fingerprint density at radius 3 is 2.22 bits per heavy atom. The molecule has 0 saturated heterocycles. The van der Waals surface area contributed by atoms with Gasteiger partial charge in [0.05, 0.1) is 6.42 Å². The van der Waals surface area contributed by atoms with Crippen molar-refractivity contribution in [2.24, 2.45) is 0 Å². The number of amides is 3. The SMILES string of the molecule is Cc1ccccc1NC(=O)Nc1ccc(CC(=O)N(C)C)cc1. The topological polar surface area (TPSA) is 61.4 Å². The summed E-state index contributed by atoms with van der Waals surface area (Å²) in [6.45, 7) is 1.94. The maximum absolute atomic E-state index is 12.0. The van der Waals surface area contributed by atoms with Crippen LogP contribution in [-0.2, 0) is 11.2 Å². The van der Waals surface area contributed by atoms with Crippen LogP contribution in [-0.4, -0.2) is 30.9 Å². The first-order chi connectivity index (χ1) is 11.0. The molecule has 2 rings (SSSR count). The van der Waals surface area contributed by atoms with Crippen LogP contribution in [0.3, 0.4) is 0 Å². The molecule has 0 radical (unpaired) electrons. The second-order valence-electron chi connectivity index (χ2n) is 5.56. The Bertz CT molecular complexity index is 694. The van der Waals surface area contributed by atoms with Gasteiger partial charge in [-0.3, -0.25) is 4.79 Å². The van der Waals surface area contributed by atoms with E-state index in [9.17, 15) is 9.59 Å². The fourth-order valence-electron chi connectivity index (χ4n) is 2.04. The molecule has 0 atom stereocenters. The second kappa shape index (κ2) is 7.45. The summed E-state index contributed by atoms with van der Waals surface area (Å²) in [5.74, 6) is 0.0444. The molecule has 0 fully saturated rings. The minimum absolute atomic E-state index is 0.0444. The van der Waals surface area contributed by atoms with Gasteiger partial charge in [0.1, 0.15) is 0 Å². The highest BCUT2D eigenvalue weighted by Crippen LogP contribution is 2.15. The molecule has 2 aromatic rings. The fraction of sp³-hybridized carbons (Fsp3) is 0.222. The first kappa shape index (κ1) is 16.5. The Labute approximate surface area is 136 Å². The Morgan fingerprint density at radius 2 is 1.61 bits per heavy atom. The van der Waals surface area contributed by atoms with Gasteiger partial charge in [-0.15, -0.1) is 0 Å². The van der Waals surface area contributed by atoms with E-state index in [1.807, 2.05) is 43.3 Å². The lowest BCUT2D eigenvalue weighted by atomic mass is 10.1. The molecule has 0 aliphatic carbocycles. The van der Waals surface area contributed by atoms with Crippen molar-refractivity contribution in [3.8, 4) is 0 Å². The molecular weight excluding hydrogens is 290 g/mol. The Kier molecular flexibility index (Phi) is 5.36. The van der Waals surface area contributed by atoms with E-state index >= 15 is 0 Å². The Morgan fingerprint density at radius 1 is 0.957 bits per heavy atom. The van der Waals surface area contributed by atoms with Gasteiger partial charge < -0.3 is 15.5 Å². The molecule has 0 aliphatic heterocycles. The lowest BCUT2D eigenvalue weighted by molar-refractivity contribution is -0.127. The highest BCUT2D eigenvalue weighted by Gasteiger charge is 2.07. The molecule has 0 unspecified atom stereocenters. The number of likely N-dealkylation sites (N-methyl/N-ethyl adjacent to an activating group) is 1. The van der Waals surface area contributed by atoms with Crippen LogP contribution in [0.4, 0.5) is 16.2 Å². The van der Waals surface area contributed by atoms with Crippen molar-refractivity contribution in [2.75, 3.05) is 24.7 Å². The number of urea groups is 1. The van der Waals surface area contributed by atoms with Crippen LogP contribution in [0.15, 0.2) is 48.5 Å². The minimum atomic E-state index is -0.295. The Hall–Kier alpha value is -2.82. The van der Waals surface area contributed by atoms with E-state index in [2.05, 4.69) is 10.6 Å². The second-order valence-corrected chi connectivity index (χ2v) is 5.56. The van der Waals surface area contributed by atoms with Crippen LogP contribution < -0.4 is 10.6 Å². The number of rotatable bonds is 4. The van der Waals surface area contributed by atoms with Gasteiger partial charge in [-0.05, 0) is 36.2 Å². The summed E-state index contributed by atoms with van der Waals surface area (Å²) >= 11 is 0. The molecule has 0 spiro atoms. The maximum Gasteiger partial charge on any atom is 0.323 e. The van der Waals surface area contributed by atoms with Crippen molar-refractivity contribution in [3.63, 3.8) is 0 Å². The zero-order valence-electron chi connectivity index (χ0n) is 13.6. The van der Waals surface area contributed by atoms with Crippen molar-refractivity contribution in [2.45, 2.75) is 13.3 Å². The molecule has 2 aromatic carbocycles. The minimum Gasteiger partial charge on any atom is -0.349 e. The molecule has 2 N–H and O–H groups in total. The van der Waals surface area contributed by atoms with Gasteiger partial charge in [-0.25, -0.2) is 4.79 Å². The van der Waals surface area contributed by atoms with Gasteiger partial charge >= 0.3 is 6.03 Å². The predicted octanol–water partition coefficient (Wildman–Crippen LogP) is 3.27. The smallest absolute Gasteiger partial charge is 0.323 e. The molecule has 5 heteroatoms. The van der Waals surface area contributed by atoms with E-state index in [1.54, 1.807) is 31.1 Å². The molecule has 3 amide bonds. The maximum atomic E-state index is 12.0. The molecule has 0 aromatic heterocycles. The summed E-state index contributed by atoms with van der Waals surface area (Å²) in [5.41, 5.74) is 3.36. The summed E-state index contributed by atoms with van der Waals surface area (Å²) in [5, 5.41) is 5.59. The van der Waals surface area contributed by atoms with Gasteiger partial charge in [-0.2, -0.15) is 0 Å². The number of nitrogens with zero attached hydrogens (tertiary/aromatic N) is 1. The Balaban J connectivity index is 1.94. The average Bonchev–Trinajstić information content (AvgIpc) is 2.51. The molecular formula is C18H21N3O2. The third kappa shape index (κ3) is 4.85. The zero-order valence-corrected chi connectivity index (χ0v) is 13.6. The largest absolute Gasteiger partial charge is 0.349 e. The van der Waals surface area contributed by atoms with E-state index in [0.29, 0.717) is 12.1 Å². The summed E-state index contributed by atoms with van der Waals surface area (Å²) in [4.78, 5) is 25.2. The molecule has 0 saturated carbocycles. The van der Waals surface area contributed by atoms with Gasteiger partial charge in [0.15, 0.2) is 0 Å². The number of hydrogen-bond acceptors (Lipinski definition) is 2. The van der Waals surface area contributed by atoms with E-state index in [-0.39, 0.29) is 11.9 Å². The first-order valence-corrected chi connectivity index (χ1v) is 7.38. The highest BCUT2D eigenvalue weighted by atomic mass is 16.2. The third-order valence-electron chi connectivity index (χ3n) is 3.46. The van der Waals surface area contributed by atoms with Crippen LogP contribution in [0.25, 0.3) is 0 Å². The van der Waals surface area contributed by atoms with Gasteiger partial charge in [0, 0.05) is 25.5 Å². The number of benzene rings is 2. The summed E-state index contributed by atoms with van der Waals surface area (Å²) in [7, 11) is 3.46. The number of anilines is 2. The fourth-order valence-corrected chi connectivity index (χ4v) is 2.04. The van der Waals surface area contributed by atoms with E-state index < -0.39 is 0 Å². The quantitative estimate of drug-likeness (QED) is 0.910. The van der Waals surface area contributed by atoms with E-state index in [4.69, 9.17) is 0 Å². The number of aryl methyl sites for hydroxylation is 1. The van der Waals surface area contributed by atoms with Crippen molar-refractivity contribution in [3.05, 3.63) is 59.7 Å². The van der Waals surface area contributed by atoms with Crippen molar-refractivity contribution >= 4 is 23.3 Å². The molecule has 23 heavy (non-hydrogen) atoms. The van der Waals surface area contributed by atoms with Gasteiger partial charge in [0.2, 0.25) is 5.91 Å². The van der Waals surface area contributed by atoms with E-state index in [0.717, 1.165) is 16.8 Å². The lowest BCUT2D eigenvalue weighted by Gasteiger charge is -2.11. The van der Waals surface area contributed by atoms with Gasteiger partial charge in [0.25, 0.3) is 0 Å².